The van der Waals surface area contributed by atoms with E-state index in [-0.39, 0.29) is 12.1 Å². The fraction of sp³-hybridized carbons (Fsp3) is 0.353. The predicted octanol–water partition coefficient (Wildman–Crippen LogP) is 3.64. The molecule has 0 saturated carbocycles. The van der Waals surface area contributed by atoms with E-state index in [0.29, 0.717) is 0 Å². The molecule has 130 valence electrons. The van der Waals surface area contributed by atoms with Crippen molar-refractivity contribution < 1.29 is 0 Å². The van der Waals surface area contributed by atoms with Gasteiger partial charge < -0.3 is 5.32 Å². The van der Waals surface area contributed by atoms with Gasteiger partial charge in [0, 0.05) is 24.7 Å². The second-order valence-electron chi connectivity index (χ2n) is 6.35. The van der Waals surface area contributed by atoms with E-state index >= 15 is 0 Å². The van der Waals surface area contributed by atoms with Gasteiger partial charge in [0.05, 0.1) is 11.4 Å². The van der Waals surface area contributed by atoms with Gasteiger partial charge in [-0.25, -0.2) is 14.6 Å². The summed E-state index contributed by atoms with van der Waals surface area (Å²) in [6, 6.07) is 8.59. The second-order valence-corrected chi connectivity index (χ2v) is 7.54. The number of halogens is 2. The number of hydrogen-bond acceptors (Lipinski definition) is 5. The summed E-state index contributed by atoms with van der Waals surface area (Å²) in [5.74, 6) is 0.809. The molecular formula is C17H18BrClN6. The number of nitrogens with one attached hydrogen (secondary N) is 1. The molecule has 0 aliphatic carbocycles. The number of nitrogens with zero attached hydrogens (tertiary/aromatic N) is 5. The monoisotopic (exact) mass is 420 g/mol. The lowest BCUT2D eigenvalue weighted by Gasteiger charge is -2.26. The van der Waals surface area contributed by atoms with E-state index < -0.39 is 0 Å². The lowest BCUT2D eigenvalue weighted by Crippen LogP contribution is -2.29. The van der Waals surface area contributed by atoms with Crippen LogP contribution in [0.1, 0.15) is 18.0 Å². The number of benzene rings is 1. The van der Waals surface area contributed by atoms with Crippen molar-refractivity contribution in [2.75, 3.05) is 18.9 Å². The molecule has 1 N–H and O–H groups in total. The highest BCUT2D eigenvalue weighted by atomic mass is 79.9. The lowest BCUT2D eigenvalue weighted by molar-refractivity contribution is 0.309. The van der Waals surface area contributed by atoms with Crippen LogP contribution in [0.5, 0.6) is 0 Å². The van der Waals surface area contributed by atoms with Crippen LogP contribution in [-0.4, -0.2) is 44.3 Å². The van der Waals surface area contributed by atoms with Gasteiger partial charge in [-0.3, -0.25) is 4.90 Å². The Morgan fingerprint density at radius 2 is 1.96 bits per heavy atom. The Hall–Kier alpha value is -1.70. The molecule has 3 aromatic rings. The molecule has 0 amide bonds. The maximum atomic E-state index is 6.05. The van der Waals surface area contributed by atoms with E-state index in [0.717, 1.165) is 39.4 Å². The van der Waals surface area contributed by atoms with E-state index in [2.05, 4.69) is 60.4 Å². The van der Waals surface area contributed by atoms with Crippen LogP contribution in [-0.2, 0) is 7.05 Å². The van der Waals surface area contributed by atoms with E-state index in [1.54, 1.807) is 11.0 Å². The molecule has 0 spiro atoms. The number of hydrogen-bond donors (Lipinski definition) is 1. The zero-order chi connectivity index (χ0) is 17.6. The molecule has 3 heterocycles. The first-order valence-electron chi connectivity index (χ1n) is 8.10. The van der Waals surface area contributed by atoms with Gasteiger partial charge in [-0.2, -0.15) is 5.10 Å². The third-order valence-corrected chi connectivity index (χ3v) is 5.57. The first kappa shape index (κ1) is 16.8. The first-order chi connectivity index (χ1) is 12.0. The fourth-order valence-corrected chi connectivity index (χ4v) is 4.30. The smallest absolute Gasteiger partial charge is 0.164 e. The molecule has 1 aliphatic heterocycles. The summed E-state index contributed by atoms with van der Waals surface area (Å²) in [5, 5.41) is 9.68. The van der Waals surface area contributed by atoms with Gasteiger partial charge in [0.2, 0.25) is 0 Å². The minimum atomic E-state index is 0.247. The highest BCUT2D eigenvalue weighted by Gasteiger charge is 2.33. The van der Waals surface area contributed by atoms with Gasteiger partial charge in [-0.05, 0) is 47.1 Å². The van der Waals surface area contributed by atoms with Gasteiger partial charge in [0.25, 0.3) is 0 Å². The summed E-state index contributed by atoms with van der Waals surface area (Å²) in [6.45, 7) is 1.02. The van der Waals surface area contributed by atoms with Crippen LogP contribution < -0.4 is 5.32 Å². The molecular weight excluding hydrogens is 404 g/mol. The first-order valence-corrected chi connectivity index (χ1v) is 9.27. The molecule has 2 unspecified atom stereocenters. The van der Waals surface area contributed by atoms with E-state index in [4.69, 9.17) is 11.6 Å². The second kappa shape index (κ2) is 6.55. The summed E-state index contributed by atoms with van der Waals surface area (Å²) in [6.07, 6.45) is 2.61. The predicted molar refractivity (Wildman–Crippen MR) is 103 cm³/mol. The number of aryl methyl sites for hydroxylation is 1. The number of likely N-dealkylation sites (N-methyl/N-ethyl adjacent to an activating group) is 1. The molecule has 1 fully saturated rings. The molecule has 1 saturated heterocycles. The number of aromatic nitrogens is 4. The Morgan fingerprint density at radius 1 is 1.20 bits per heavy atom. The fourth-order valence-electron chi connectivity index (χ4n) is 3.57. The number of anilines is 1. The van der Waals surface area contributed by atoms with Gasteiger partial charge >= 0.3 is 0 Å². The van der Waals surface area contributed by atoms with Crippen molar-refractivity contribution in [1.29, 1.82) is 0 Å². The van der Waals surface area contributed by atoms with E-state index in [1.165, 1.54) is 5.56 Å². The molecule has 2 atom stereocenters. The molecule has 25 heavy (non-hydrogen) atoms. The summed E-state index contributed by atoms with van der Waals surface area (Å²) in [7, 11) is 4.03. The molecule has 0 radical (unpaired) electrons. The minimum absolute atomic E-state index is 0.247. The highest BCUT2D eigenvalue weighted by Crippen LogP contribution is 2.35. The Labute approximate surface area is 159 Å². The van der Waals surface area contributed by atoms with Crippen LogP contribution in [0.3, 0.4) is 0 Å². The third kappa shape index (κ3) is 3.01. The zero-order valence-corrected chi connectivity index (χ0v) is 16.3. The molecule has 0 bridgehead atoms. The van der Waals surface area contributed by atoms with Crippen molar-refractivity contribution in [2.24, 2.45) is 7.05 Å². The molecule has 2 aromatic heterocycles. The van der Waals surface area contributed by atoms with E-state index in [1.807, 2.05) is 19.2 Å². The Bertz CT molecular complexity index is 909. The SMILES string of the molecule is CN1CCC(Nc2ncnc3c2c(Br)nn3C)C1c1ccc(Cl)cc1. The van der Waals surface area contributed by atoms with Gasteiger partial charge in [0.15, 0.2) is 5.65 Å². The average molecular weight is 422 g/mol. The number of fused-ring (bicyclic) bond motifs is 1. The maximum Gasteiger partial charge on any atom is 0.164 e. The Kier molecular flexibility index (Phi) is 4.39. The highest BCUT2D eigenvalue weighted by molar-refractivity contribution is 9.10. The summed E-state index contributed by atoms with van der Waals surface area (Å²) in [5.41, 5.74) is 2.05. The van der Waals surface area contributed by atoms with Gasteiger partial charge in [0.1, 0.15) is 16.7 Å². The average Bonchev–Trinajstić information content (AvgIpc) is 3.09. The molecule has 1 aromatic carbocycles. The van der Waals surface area contributed by atoms with Crippen molar-refractivity contribution in [3.8, 4) is 0 Å². The molecule has 6 nitrogen and oxygen atoms in total. The zero-order valence-electron chi connectivity index (χ0n) is 13.9. The van der Waals surface area contributed by atoms with Gasteiger partial charge in [-0.1, -0.05) is 23.7 Å². The number of likely N-dealkylation sites (tertiary alicyclic amines) is 1. The summed E-state index contributed by atoms with van der Waals surface area (Å²) in [4.78, 5) is 11.2. The Morgan fingerprint density at radius 3 is 2.72 bits per heavy atom. The van der Waals surface area contributed by atoms with Crippen LogP contribution in [0.2, 0.25) is 5.02 Å². The molecule has 8 heteroatoms. The largest absolute Gasteiger partial charge is 0.365 e. The summed E-state index contributed by atoms with van der Waals surface area (Å²) < 4.78 is 2.51. The van der Waals surface area contributed by atoms with Crippen molar-refractivity contribution in [3.63, 3.8) is 0 Å². The minimum Gasteiger partial charge on any atom is -0.365 e. The molecule has 4 rings (SSSR count). The van der Waals surface area contributed by atoms with Crippen molar-refractivity contribution in [2.45, 2.75) is 18.5 Å². The van der Waals surface area contributed by atoms with Crippen LogP contribution in [0.25, 0.3) is 11.0 Å². The normalized spacial score (nSPS) is 21.1. The molecule has 1 aliphatic rings. The van der Waals surface area contributed by atoms with Crippen LogP contribution in [0, 0.1) is 0 Å². The quantitative estimate of drug-likeness (QED) is 0.700. The van der Waals surface area contributed by atoms with Crippen LogP contribution >= 0.6 is 27.5 Å². The lowest BCUT2D eigenvalue weighted by atomic mass is 10.00. The Balaban J connectivity index is 1.69. The van der Waals surface area contributed by atoms with Gasteiger partial charge in [-0.15, -0.1) is 0 Å². The number of rotatable bonds is 3. The van der Waals surface area contributed by atoms with Crippen molar-refractivity contribution >= 4 is 44.4 Å². The van der Waals surface area contributed by atoms with Crippen LogP contribution in [0.15, 0.2) is 35.2 Å². The standard InChI is InChI=1S/C17H18BrClN6/c1-24-8-7-12(14(24)10-3-5-11(19)6-4-10)22-16-13-15(18)23-25(2)17(13)21-9-20-16/h3-6,9,12,14H,7-8H2,1-2H3,(H,20,21,22). The van der Waals surface area contributed by atoms with E-state index in [9.17, 15) is 0 Å². The maximum absolute atomic E-state index is 6.05. The topological polar surface area (TPSA) is 58.9 Å². The van der Waals surface area contributed by atoms with Crippen LogP contribution in [0.4, 0.5) is 5.82 Å². The van der Waals surface area contributed by atoms with Crippen molar-refractivity contribution in [1.82, 2.24) is 24.6 Å². The van der Waals surface area contributed by atoms with Crippen molar-refractivity contribution in [3.05, 3.63) is 45.8 Å². The summed E-state index contributed by atoms with van der Waals surface area (Å²) >= 11 is 9.57. The third-order valence-electron chi connectivity index (χ3n) is 4.76.